The van der Waals surface area contributed by atoms with Crippen LogP contribution >= 0.6 is 35.0 Å². The van der Waals surface area contributed by atoms with E-state index in [9.17, 15) is 9.59 Å². The number of carbonyl (C=O) groups is 2. The van der Waals surface area contributed by atoms with Crippen LogP contribution in [-0.2, 0) is 4.79 Å². The number of carboxylic acids is 1. The van der Waals surface area contributed by atoms with Gasteiger partial charge in [0, 0.05) is 5.02 Å². The summed E-state index contributed by atoms with van der Waals surface area (Å²) >= 11 is 13.3. The van der Waals surface area contributed by atoms with Gasteiger partial charge in [-0.25, -0.2) is 4.79 Å². The predicted octanol–water partition coefficient (Wildman–Crippen LogP) is 3.32. The zero-order chi connectivity index (χ0) is 15.1. The van der Waals surface area contributed by atoms with E-state index in [2.05, 4.69) is 5.32 Å². The number of aliphatic carboxylic acids is 1. The van der Waals surface area contributed by atoms with Gasteiger partial charge in [-0.1, -0.05) is 30.1 Å². The topological polar surface area (TPSA) is 66.4 Å². The van der Waals surface area contributed by atoms with Crippen molar-refractivity contribution in [3.05, 3.63) is 33.8 Å². The van der Waals surface area contributed by atoms with Gasteiger partial charge in [-0.05, 0) is 36.1 Å². The Morgan fingerprint density at radius 1 is 1.40 bits per heavy atom. The lowest BCUT2D eigenvalue weighted by Gasteiger charge is -2.14. The van der Waals surface area contributed by atoms with Crippen molar-refractivity contribution in [1.29, 1.82) is 0 Å². The fourth-order valence-corrected chi connectivity index (χ4v) is 2.70. The Balaban J connectivity index is 2.72. The van der Waals surface area contributed by atoms with Crippen molar-refractivity contribution >= 4 is 46.8 Å². The minimum absolute atomic E-state index is 0.196. The van der Waals surface area contributed by atoms with Gasteiger partial charge in [-0.2, -0.15) is 11.8 Å². The third kappa shape index (κ3) is 5.23. The number of rotatable bonds is 7. The van der Waals surface area contributed by atoms with Crippen molar-refractivity contribution < 1.29 is 14.7 Å². The summed E-state index contributed by atoms with van der Waals surface area (Å²) in [5, 5.41) is 12.2. The molecule has 0 saturated heterocycles. The number of halogens is 2. The van der Waals surface area contributed by atoms with E-state index in [1.807, 2.05) is 6.92 Å². The maximum Gasteiger partial charge on any atom is 0.326 e. The molecule has 0 heterocycles. The van der Waals surface area contributed by atoms with E-state index in [1.54, 1.807) is 11.8 Å². The first kappa shape index (κ1) is 17.1. The molecule has 7 heteroatoms. The molecule has 0 spiro atoms. The fourth-order valence-electron chi connectivity index (χ4n) is 1.51. The van der Waals surface area contributed by atoms with Gasteiger partial charge in [-0.15, -0.1) is 0 Å². The molecule has 0 saturated carbocycles. The molecule has 20 heavy (non-hydrogen) atoms. The number of amides is 1. The number of hydrogen-bond acceptors (Lipinski definition) is 3. The number of benzene rings is 1. The normalized spacial score (nSPS) is 11.9. The second-order valence-electron chi connectivity index (χ2n) is 3.97. The van der Waals surface area contributed by atoms with Crippen LogP contribution in [0.4, 0.5) is 0 Å². The minimum atomic E-state index is -1.06. The number of carboxylic acid groups (broad SMARTS) is 1. The van der Waals surface area contributed by atoms with Crippen LogP contribution in [0.3, 0.4) is 0 Å². The minimum Gasteiger partial charge on any atom is -0.480 e. The van der Waals surface area contributed by atoms with Crippen molar-refractivity contribution in [3.63, 3.8) is 0 Å². The molecule has 1 rings (SSSR count). The highest BCUT2D eigenvalue weighted by atomic mass is 35.5. The summed E-state index contributed by atoms with van der Waals surface area (Å²) in [4.78, 5) is 23.1. The zero-order valence-corrected chi connectivity index (χ0v) is 13.2. The van der Waals surface area contributed by atoms with Gasteiger partial charge < -0.3 is 10.4 Å². The number of carbonyl (C=O) groups excluding carboxylic acids is 1. The van der Waals surface area contributed by atoms with Gasteiger partial charge >= 0.3 is 5.97 Å². The maximum atomic E-state index is 12.0. The summed E-state index contributed by atoms with van der Waals surface area (Å²) in [6, 6.07) is 3.53. The van der Waals surface area contributed by atoms with E-state index in [1.165, 1.54) is 18.2 Å². The lowest BCUT2D eigenvalue weighted by Crippen LogP contribution is -2.41. The maximum absolute atomic E-state index is 12.0. The third-order valence-electron chi connectivity index (χ3n) is 2.53. The molecule has 1 amide bonds. The average molecular weight is 336 g/mol. The van der Waals surface area contributed by atoms with Crippen molar-refractivity contribution in [2.75, 3.05) is 11.5 Å². The van der Waals surface area contributed by atoms with Crippen LogP contribution in [0.2, 0.25) is 10.0 Å². The quantitative estimate of drug-likeness (QED) is 0.750. The molecule has 0 aromatic heterocycles. The molecule has 110 valence electrons. The number of hydrogen-bond donors (Lipinski definition) is 2. The highest BCUT2D eigenvalue weighted by Gasteiger charge is 2.21. The molecule has 1 aromatic carbocycles. The van der Waals surface area contributed by atoms with Gasteiger partial charge in [0.05, 0.1) is 10.6 Å². The van der Waals surface area contributed by atoms with E-state index in [-0.39, 0.29) is 10.6 Å². The molecule has 1 atom stereocenters. The molecular formula is C13H15Cl2NO3S. The fraction of sp³-hybridized carbons (Fsp3) is 0.385. The summed E-state index contributed by atoms with van der Waals surface area (Å²) < 4.78 is 0. The van der Waals surface area contributed by atoms with Crippen LogP contribution < -0.4 is 5.32 Å². The van der Waals surface area contributed by atoms with E-state index >= 15 is 0 Å². The second kappa shape index (κ2) is 8.39. The van der Waals surface area contributed by atoms with E-state index < -0.39 is 17.9 Å². The Labute approximate surface area is 131 Å². The molecule has 0 aliphatic heterocycles. The van der Waals surface area contributed by atoms with Gasteiger partial charge in [0.1, 0.15) is 6.04 Å². The first-order valence-electron chi connectivity index (χ1n) is 6.02. The molecule has 1 aromatic rings. The van der Waals surface area contributed by atoms with E-state index in [0.29, 0.717) is 17.2 Å². The molecule has 0 fully saturated rings. The summed E-state index contributed by atoms with van der Waals surface area (Å²) in [5.74, 6) is 0.00600. The molecule has 0 unspecified atom stereocenters. The Hall–Kier alpha value is -0.910. The summed E-state index contributed by atoms with van der Waals surface area (Å²) in [6.45, 7) is 1.99. The van der Waals surface area contributed by atoms with Gasteiger partial charge in [0.2, 0.25) is 0 Å². The lowest BCUT2D eigenvalue weighted by atomic mass is 10.1. The summed E-state index contributed by atoms with van der Waals surface area (Å²) in [7, 11) is 0. The molecular weight excluding hydrogens is 321 g/mol. The largest absolute Gasteiger partial charge is 0.480 e. The van der Waals surface area contributed by atoms with Gasteiger partial charge in [0.25, 0.3) is 5.91 Å². The Morgan fingerprint density at radius 3 is 2.65 bits per heavy atom. The van der Waals surface area contributed by atoms with Crippen LogP contribution in [0.15, 0.2) is 18.2 Å². The van der Waals surface area contributed by atoms with Crippen molar-refractivity contribution in [2.45, 2.75) is 19.4 Å². The highest BCUT2D eigenvalue weighted by molar-refractivity contribution is 7.99. The van der Waals surface area contributed by atoms with Gasteiger partial charge in [0.15, 0.2) is 0 Å². The smallest absolute Gasteiger partial charge is 0.326 e. The SMILES string of the molecule is CCSCC[C@H](NC(=O)c1ccc(Cl)cc1Cl)C(=O)O. The van der Waals surface area contributed by atoms with Crippen molar-refractivity contribution in [3.8, 4) is 0 Å². The van der Waals surface area contributed by atoms with Crippen LogP contribution in [0.5, 0.6) is 0 Å². The average Bonchev–Trinajstić information content (AvgIpc) is 2.37. The molecule has 2 N–H and O–H groups in total. The first-order chi connectivity index (χ1) is 9.45. The van der Waals surface area contributed by atoms with Crippen LogP contribution in [0.25, 0.3) is 0 Å². The first-order valence-corrected chi connectivity index (χ1v) is 7.93. The molecule has 0 aliphatic rings. The monoisotopic (exact) mass is 335 g/mol. The van der Waals surface area contributed by atoms with Gasteiger partial charge in [-0.3, -0.25) is 4.79 Å². The molecule has 0 radical (unpaired) electrons. The van der Waals surface area contributed by atoms with Crippen LogP contribution in [0, 0.1) is 0 Å². The summed E-state index contributed by atoms with van der Waals surface area (Å²) in [6.07, 6.45) is 0.366. The molecule has 4 nitrogen and oxygen atoms in total. The molecule has 0 aliphatic carbocycles. The lowest BCUT2D eigenvalue weighted by molar-refractivity contribution is -0.139. The van der Waals surface area contributed by atoms with Crippen LogP contribution in [0.1, 0.15) is 23.7 Å². The van der Waals surface area contributed by atoms with E-state index in [0.717, 1.165) is 5.75 Å². The number of thioether (sulfide) groups is 1. The summed E-state index contributed by atoms with van der Waals surface area (Å²) in [5.41, 5.74) is 0.213. The zero-order valence-electron chi connectivity index (χ0n) is 10.9. The van der Waals surface area contributed by atoms with Crippen molar-refractivity contribution in [1.82, 2.24) is 5.32 Å². The third-order valence-corrected chi connectivity index (χ3v) is 4.01. The van der Waals surface area contributed by atoms with Crippen molar-refractivity contribution in [2.24, 2.45) is 0 Å². The van der Waals surface area contributed by atoms with Crippen LogP contribution in [-0.4, -0.2) is 34.5 Å². The Bertz CT molecular complexity index is 497. The predicted molar refractivity (Wildman–Crippen MR) is 83.0 cm³/mol. The number of nitrogens with one attached hydrogen (secondary N) is 1. The highest BCUT2D eigenvalue weighted by Crippen LogP contribution is 2.21. The Kier molecular flexibility index (Phi) is 7.19. The van der Waals surface area contributed by atoms with E-state index in [4.69, 9.17) is 28.3 Å². The second-order valence-corrected chi connectivity index (χ2v) is 6.21. The standard InChI is InChI=1S/C13H15Cl2NO3S/c1-2-20-6-5-11(13(18)19)16-12(17)9-4-3-8(14)7-10(9)15/h3-4,7,11H,2,5-6H2,1H3,(H,16,17)(H,18,19)/t11-/m0/s1. The Morgan fingerprint density at radius 2 is 2.10 bits per heavy atom. The molecule has 0 bridgehead atoms.